The van der Waals surface area contributed by atoms with Crippen LogP contribution in [0.25, 0.3) is 0 Å². The maximum absolute atomic E-state index is 13.2. The molecule has 2 rings (SSSR count). The summed E-state index contributed by atoms with van der Waals surface area (Å²) in [7, 11) is 3.39. The first-order valence-electron chi connectivity index (χ1n) is 13.0. The highest BCUT2D eigenvalue weighted by molar-refractivity contribution is 5.83. The number of ketones is 1. The van der Waals surface area contributed by atoms with Gasteiger partial charge in [0.25, 0.3) is 0 Å². The van der Waals surface area contributed by atoms with Gasteiger partial charge in [-0.1, -0.05) is 13.8 Å². The fraction of sp³-hybridized carbons (Fsp3) is 0.923. The van der Waals surface area contributed by atoms with E-state index in [-0.39, 0.29) is 42.7 Å². The molecule has 9 heteroatoms. The van der Waals surface area contributed by atoms with Crippen LogP contribution in [0.1, 0.15) is 73.6 Å². The topological polar surface area (TPSA) is 115 Å². The van der Waals surface area contributed by atoms with Gasteiger partial charge in [0.1, 0.15) is 18.0 Å². The zero-order valence-corrected chi connectivity index (χ0v) is 22.7. The van der Waals surface area contributed by atoms with Crippen LogP contribution in [0.15, 0.2) is 0 Å². The zero-order valence-electron chi connectivity index (χ0n) is 22.7. The fourth-order valence-corrected chi connectivity index (χ4v) is 5.09. The quantitative estimate of drug-likeness (QED) is 0.560. The molecule has 9 nitrogen and oxygen atoms in total. The molecule has 0 saturated carbocycles. The van der Waals surface area contributed by atoms with Crippen LogP contribution >= 0.6 is 0 Å². The summed E-state index contributed by atoms with van der Waals surface area (Å²) in [6.45, 7) is 11.5. The van der Waals surface area contributed by atoms with Gasteiger partial charge in [0.2, 0.25) is 0 Å². The predicted molar refractivity (Wildman–Crippen MR) is 131 cm³/mol. The monoisotopic (exact) mass is 501 g/mol. The van der Waals surface area contributed by atoms with Gasteiger partial charge in [-0.15, -0.1) is 0 Å². The van der Waals surface area contributed by atoms with Crippen molar-refractivity contribution >= 4 is 11.8 Å². The number of methoxy groups -OCH3 is 1. The third-order valence-electron chi connectivity index (χ3n) is 7.93. The molecule has 2 heterocycles. The molecule has 0 aromatic heterocycles. The molecule has 0 amide bonds. The highest BCUT2D eigenvalue weighted by Crippen LogP contribution is 2.35. The van der Waals surface area contributed by atoms with Crippen LogP contribution in [0, 0.1) is 11.8 Å². The van der Waals surface area contributed by atoms with Crippen LogP contribution < -0.4 is 0 Å². The molecule has 0 aromatic rings. The Bertz CT molecular complexity index is 705. The Morgan fingerprint density at radius 2 is 1.83 bits per heavy atom. The normalized spacial score (nSPS) is 43.4. The van der Waals surface area contributed by atoms with Crippen LogP contribution in [0.4, 0.5) is 0 Å². The fourth-order valence-electron chi connectivity index (χ4n) is 5.09. The minimum Gasteiger partial charge on any atom is -0.461 e. The second kappa shape index (κ2) is 12.9. The first-order chi connectivity index (χ1) is 16.3. The van der Waals surface area contributed by atoms with Crippen molar-refractivity contribution in [3.63, 3.8) is 0 Å². The maximum atomic E-state index is 13.2. The van der Waals surface area contributed by atoms with Crippen LogP contribution in [-0.4, -0.2) is 96.0 Å². The van der Waals surface area contributed by atoms with E-state index >= 15 is 0 Å². The molecule has 0 spiro atoms. The number of carbonyl (C=O) groups excluding carboxylic acids is 2. The Balaban J connectivity index is 2.28. The van der Waals surface area contributed by atoms with Gasteiger partial charge in [-0.25, -0.2) is 0 Å². The van der Waals surface area contributed by atoms with E-state index in [1.165, 1.54) is 0 Å². The molecule has 2 aliphatic rings. The Morgan fingerprint density at radius 1 is 1.17 bits per heavy atom. The third-order valence-corrected chi connectivity index (χ3v) is 7.93. The predicted octanol–water partition coefficient (Wildman–Crippen LogP) is 2.30. The number of hydrogen-bond donors (Lipinski definition) is 2. The van der Waals surface area contributed by atoms with Crippen molar-refractivity contribution in [2.75, 3.05) is 20.7 Å². The van der Waals surface area contributed by atoms with Crippen molar-refractivity contribution in [2.24, 2.45) is 11.8 Å². The standard InChI is InChI=1S/C26H47NO8/c1-9-20-14-27(7)17(4)21(29)11-10-19(28)12-15(2)23(16(3)25(31)34-20)35-22-13-26(6,32-8)24(30)18(5)33-22/h15-20,22-24,28,30H,9-14H2,1-8H3/t15-,16-,17+,18+,19-,20-,22+,23+,24+,26-/m1/s1. The first-order valence-corrected chi connectivity index (χ1v) is 13.0. The lowest BCUT2D eigenvalue weighted by Gasteiger charge is -2.45. The molecular weight excluding hydrogens is 454 g/mol. The van der Waals surface area contributed by atoms with Gasteiger partial charge in [0, 0.05) is 26.5 Å². The van der Waals surface area contributed by atoms with E-state index < -0.39 is 42.2 Å². The molecule has 2 fully saturated rings. The lowest BCUT2D eigenvalue weighted by atomic mass is 9.86. The van der Waals surface area contributed by atoms with Gasteiger partial charge in [0.05, 0.1) is 35.9 Å². The van der Waals surface area contributed by atoms with Gasteiger partial charge in [-0.2, -0.15) is 0 Å². The largest absolute Gasteiger partial charge is 0.461 e. The number of aliphatic hydroxyl groups excluding tert-OH is 2. The van der Waals surface area contributed by atoms with Crippen LogP contribution in [0.2, 0.25) is 0 Å². The molecule has 10 atom stereocenters. The minimum absolute atomic E-state index is 0.0561. The Kier molecular flexibility index (Phi) is 11.1. The van der Waals surface area contributed by atoms with Crippen molar-refractivity contribution in [3.8, 4) is 0 Å². The summed E-state index contributed by atoms with van der Waals surface area (Å²) < 4.78 is 23.8. The van der Waals surface area contributed by atoms with Crippen LogP contribution in [0.3, 0.4) is 0 Å². The average Bonchev–Trinajstić information content (AvgIpc) is 2.81. The summed E-state index contributed by atoms with van der Waals surface area (Å²) in [5.41, 5.74) is -0.856. The number of aliphatic hydroxyl groups is 2. The highest BCUT2D eigenvalue weighted by atomic mass is 16.7. The van der Waals surface area contributed by atoms with Gasteiger partial charge in [-0.05, 0) is 59.9 Å². The SMILES string of the molecule is CC[C@@H]1CN(C)[C@@H](C)C(=O)CC[C@@H](O)C[C@@H](C)[C@H](O[C@H]2C[C@@](C)(OC)[C@@H](O)[C@H](C)O2)[C@@H](C)C(=O)O1. The average molecular weight is 502 g/mol. The summed E-state index contributed by atoms with van der Waals surface area (Å²) in [4.78, 5) is 27.8. The second-order valence-corrected chi connectivity index (χ2v) is 10.8. The number of carbonyl (C=O) groups is 2. The van der Waals surface area contributed by atoms with Gasteiger partial charge in [-0.3, -0.25) is 14.5 Å². The molecule has 0 aromatic carbocycles. The number of hydrogen-bond acceptors (Lipinski definition) is 9. The Labute approximate surface area is 210 Å². The van der Waals surface area contributed by atoms with E-state index in [2.05, 4.69) is 0 Å². The summed E-state index contributed by atoms with van der Waals surface area (Å²) in [6.07, 6.45) is -1.78. The summed E-state index contributed by atoms with van der Waals surface area (Å²) in [5, 5.41) is 21.2. The van der Waals surface area contributed by atoms with Crippen molar-refractivity contribution in [1.82, 2.24) is 4.90 Å². The van der Waals surface area contributed by atoms with Gasteiger partial charge < -0.3 is 29.2 Å². The number of ether oxygens (including phenoxy) is 4. The molecule has 35 heavy (non-hydrogen) atoms. The number of likely N-dealkylation sites (N-methyl/N-ethyl adjacent to an activating group) is 1. The molecule has 0 radical (unpaired) electrons. The van der Waals surface area contributed by atoms with E-state index in [1.807, 2.05) is 39.6 Å². The van der Waals surface area contributed by atoms with Gasteiger partial charge >= 0.3 is 5.97 Å². The van der Waals surface area contributed by atoms with E-state index in [9.17, 15) is 19.8 Å². The second-order valence-electron chi connectivity index (χ2n) is 10.8. The minimum atomic E-state index is -0.856. The summed E-state index contributed by atoms with van der Waals surface area (Å²) in [6, 6.07) is -0.320. The number of cyclic esters (lactones) is 1. The van der Waals surface area contributed by atoms with E-state index in [1.54, 1.807) is 21.0 Å². The number of esters is 1. The van der Waals surface area contributed by atoms with E-state index in [0.29, 0.717) is 25.8 Å². The molecule has 204 valence electrons. The summed E-state index contributed by atoms with van der Waals surface area (Å²) >= 11 is 0. The smallest absolute Gasteiger partial charge is 0.311 e. The van der Waals surface area contributed by atoms with Crippen molar-refractivity contribution < 1.29 is 38.7 Å². The maximum Gasteiger partial charge on any atom is 0.311 e. The van der Waals surface area contributed by atoms with Crippen molar-refractivity contribution in [1.29, 1.82) is 0 Å². The van der Waals surface area contributed by atoms with Gasteiger partial charge in [0.15, 0.2) is 6.29 Å². The highest BCUT2D eigenvalue weighted by Gasteiger charge is 2.47. The lowest BCUT2D eigenvalue weighted by Crippen LogP contribution is -2.57. The van der Waals surface area contributed by atoms with E-state index in [4.69, 9.17) is 18.9 Å². The molecular formula is C26H47NO8. The van der Waals surface area contributed by atoms with E-state index in [0.717, 1.165) is 0 Å². The first kappa shape index (κ1) is 30.1. The number of nitrogens with zero attached hydrogens (tertiary/aromatic N) is 1. The molecule has 2 aliphatic heterocycles. The molecule has 0 bridgehead atoms. The number of rotatable bonds is 4. The Hall–Kier alpha value is -1.10. The van der Waals surface area contributed by atoms with Crippen LogP contribution in [-0.2, 0) is 28.5 Å². The van der Waals surface area contributed by atoms with Crippen molar-refractivity contribution in [3.05, 3.63) is 0 Å². The zero-order chi connectivity index (χ0) is 26.5. The molecule has 0 unspecified atom stereocenters. The Morgan fingerprint density at radius 3 is 2.43 bits per heavy atom. The van der Waals surface area contributed by atoms with Crippen molar-refractivity contribution in [2.45, 2.75) is 122 Å². The molecule has 2 saturated heterocycles. The summed E-state index contributed by atoms with van der Waals surface area (Å²) in [5.74, 6) is -1.16. The van der Waals surface area contributed by atoms with Crippen LogP contribution in [0.5, 0.6) is 0 Å². The molecule has 2 N–H and O–H groups in total. The lowest BCUT2D eigenvalue weighted by molar-refractivity contribution is -0.295. The third kappa shape index (κ3) is 7.69. The number of Topliss-reactive ketones (excluding diaryl/α,β-unsaturated/α-hetero) is 1. The molecule has 0 aliphatic carbocycles.